The van der Waals surface area contributed by atoms with Crippen LogP contribution in [0.5, 0.6) is 28.7 Å². The molecule has 11 aromatic rings. The first kappa shape index (κ1) is 115. The van der Waals surface area contributed by atoms with Gasteiger partial charge in [-0.1, -0.05) is 255 Å². The summed E-state index contributed by atoms with van der Waals surface area (Å²) in [5.74, 6) is -38.5. The van der Waals surface area contributed by atoms with Crippen LogP contribution in [0.25, 0.3) is 72.5 Å². The Labute approximate surface area is 883 Å². The summed E-state index contributed by atoms with van der Waals surface area (Å²) in [6, 6.07) is 31.5. The number of fused-ring (bicyclic) bond motifs is 6. The molecule has 0 bridgehead atoms. The van der Waals surface area contributed by atoms with Crippen LogP contribution in [0, 0.1) is 6.92 Å². The third-order valence-corrected chi connectivity index (χ3v) is 40.2. The molecule has 27 heteroatoms. The van der Waals surface area contributed by atoms with E-state index in [1.54, 1.807) is 68.6 Å². The van der Waals surface area contributed by atoms with Crippen molar-refractivity contribution in [1.82, 2.24) is 0 Å². The van der Waals surface area contributed by atoms with Gasteiger partial charge in [-0.15, -0.1) is 68.0 Å². The van der Waals surface area contributed by atoms with Crippen LogP contribution in [0.3, 0.4) is 0 Å². The predicted octanol–water partition coefficient (Wildman–Crippen LogP) is 36.9. The predicted molar refractivity (Wildman–Crippen MR) is 572 cm³/mol. The normalized spacial score (nSPS) is 21.4. The SMILES string of the molecule is C.C.CC1(C)CCCC(C)(C)c2sc(-c3cc(Br)c(-c4cc5c(s4)C(C)(C)CCCC5(C)C)s3)cc21.COc1cc2c(cc1OC)C(C1=C(F)C(F)(F)C(F)(F)C1(F)F)C(c1ccc(C(C)(C)C)cc1)O2.COc1cc2oc(-c3ccc(C(C)(C)C)cc3)c(C3=C(c4cc(-c5cc6c(s5)C(C)(C)CCCC6(C)C)sc4-c4cc5c(s4)C(C)(C)CCCC5(C)C)C(F)(F)C(F)(F)C3(F)F)c2cc1OC.[CH2-]CCC.[Li+]. The van der Waals surface area contributed by atoms with E-state index in [9.17, 15) is 30.7 Å². The first-order valence-electron chi connectivity index (χ1n) is 48.3. The van der Waals surface area contributed by atoms with E-state index in [0.717, 1.165) is 77.5 Å². The number of hydrogen-bond donors (Lipinski definition) is 0. The van der Waals surface area contributed by atoms with Gasteiger partial charge >= 0.3 is 54.4 Å². The molecule has 143 heavy (non-hydrogen) atoms. The fourth-order valence-electron chi connectivity index (χ4n) is 21.4. The van der Waals surface area contributed by atoms with Crippen molar-refractivity contribution in [2.24, 2.45) is 0 Å². The average Bonchev–Trinajstić information content (AvgIpc) is 1.51. The molecular weight excluding hydrogens is 2020 g/mol. The molecule has 0 radical (unpaired) electrons. The molecule has 774 valence electrons. The molecule has 4 aromatic carbocycles. The molecule has 2 atom stereocenters. The van der Waals surface area contributed by atoms with Crippen LogP contribution >= 0.6 is 84.0 Å². The fraction of sp³-hybridized carbons (Fsp3) is 0.526. The Hall–Kier alpha value is -6.73. The Morgan fingerprint density at radius 2 is 0.755 bits per heavy atom. The Balaban J connectivity index is 0.000000202. The number of furan rings is 1. The number of alkyl halides is 12. The summed E-state index contributed by atoms with van der Waals surface area (Å²) in [4.78, 5) is 13.4. The van der Waals surface area contributed by atoms with Crippen LogP contribution in [0.1, 0.15) is 351 Å². The standard InChI is InChI=1S/C55H60F6O3S3.C30H39BrS3.C25H23F7O3.C4H9.2CH4.Li/c1-48(2,3)30-18-16-29(17-19-30)44-41(31-24-36(62-12)37(63-13)28-35(31)64-44)43-42(53(56,57)55(60,61)54(43,58)59)32-25-38(39-26-33-46(66-39)51(8,9)22-14-20-49(33,4)5)65-45(32)40-27-34-47(67-40)52(10,11)23-15-21-50(34,6)7;1-27(2)11-9-13-29(5,6)25-18(27)15-21(33-25)22-17-20(31)24(32-22)23-16-19-26(34-23)30(7,8)14-10-12-28(19,3)4;1-22(2,3)13-8-6-12(7-9-13)20-18(14-10-16(33-4)17(34-5)11-15(14)35-20)19-21(26)24(29,30)25(31,32)23(19,27)28;1-3-4-2;;;/h16-19,24-28H,14-15,20-23H2,1-13H3;15-17H,9-14H2,1-8H3;6-11,18,20H,1-5H3;1,3-4H2,2H3;2*1H4;/q;;;-1;;;+1. The molecule has 1 aliphatic heterocycles. The molecule has 6 nitrogen and oxygen atoms in total. The minimum atomic E-state index is -5.96. The first-order chi connectivity index (χ1) is 64.7. The van der Waals surface area contributed by atoms with E-state index >= 15 is 26.3 Å². The van der Waals surface area contributed by atoms with Crippen molar-refractivity contribution >= 4 is 106 Å². The summed E-state index contributed by atoms with van der Waals surface area (Å²) in [5, 5.41) is -0.0944. The number of ether oxygens (including phenoxy) is 5. The van der Waals surface area contributed by atoms with Gasteiger partial charge in [0.25, 0.3) is 0 Å². The largest absolute Gasteiger partial charge is 1.00 e. The van der Waals surface area contributed by atoms with Gasteiger partial charge in [0, 0.05) is 104 Å². The van der Waals surface area contributed by atoms with E-state index in [2.05, 4.69) is 176 Å². The minimum Gasteiger partial charge on any atom is -0.493 e. The van der Waals surface area contributed by atoms with Gasteiger partial charge in [-0.05, 0) is 209 Å². The molecule has 0 amide bonds. The molecule has 8 heterocycles. The van der Waals surface area contributed by atoms with Gasteiger partial charge in [0.1, 0.15) is 23.2 Å². The van der Waals surface area contributed by atoms with Crippen LogP contribution in [0.15, 0.2) is 129 Å². The van der Waals surface area contributed by atoms with Gasteiger partial charge in [-0.3, -0.25) is 0 Å². The molecular formula is C116H139BrF13LiO6S6. The summed E-state index contributed by atoms with van der Waals surface area (Å²) in [6.07, 6.45) is 14.3. The van der Waals surface area contributed by atoms with E-state index in [1.807, 2.05) is 70.3 Å². The van der Waals surface area contributed by atoms with E-state index in [1.165, 1.54) is 167 Å². The topological polar surface area (TPSA) is 59.3 Å². The molecule has 0 saturated heterocycles. The van der Waals surface area contributed by atoms with Gasteiger partial charge in [-0.25, -0.2) is 4.39 Å². The van der Waals surface area contributed by atoms with Crippen LogP contribution in [0.4, 0.5) is 57.1 Å². The number of unbranched alkanes of at least 4 members (excludes halogenated alkanes) is 1. The third-order valence-electron chi connectivity index (χ3n) is 30.3. The van der Waals surface area contributed by atoms with Crippen molar-refractivity contribution in [3.05, 3.63) is 207 Å². The summed E-state index contributed by atoms with van der Waals surface area (Å²) < 4.78 is 239. The summed E-state index contributed by atoms with van der Waals surface area (Å²) >= 11 is 14.3. The van der Waals surface area contributed by atoms with Crippen LogP contribution < -0.4 is 42.5 Å². The maximum Gasteiger partial charge on any atom is 1.00 e. The molecule has 7 aliphatic rings. The second-order valence-corrected chi connectivity index (χ2v) is 53.5. The van der Waals surface area contributed by atoms with Crippen molar-refractivity contribution in [3.63, 3.8) is 0 Å². The first-order valence-corrected chi connectivity index (χ1v) is 54.0. The van der Waals surface area contributed by atoms with Crippen LogP contribution in [-0.2, 0) is 54.1 Å². The smallest absolute Gasteiger partial charge is 0.493 e. The zero-order valence-electron chi connectivity index (χ0n) is 86.3. The molecule has 0 fully saturated rings. The van der Waals surface area contributed by atoms with Crippen molar-refractivity contribution in [2.45, 2.75) is 366 Å². The molecule has 0 N–H and O–H groups in total. The summed E-state index contributed by atoms with van der Waals surface area (Å²) in [5.41, 5.74) is 1.21. The number of thiophene rings is 6. The number of allylic oxidation sites excluding steroid dienone is 3. The maximum absolute atomic E-state index is 17.5. The monoisotopic (exact) mass is 2150 g/mol. The second-order valence-electron chi connectivity index (χ2n) is 46.3. The van der Waals surface area contributed by atoms with Gasteiger partial charge in [0.15, 0.2) is 28.8 Å². The third kappa shape index (κ3) is 20.0. The van der Waals surface area contributed by atoms with Crippen molar-refractivity contribution in [3.8, 4) is 79.1 Å². The Morgan fingerprint density at radius 1 is 0.413 bits per heavy atom. The van der Waals surface area contributed by atoms with Gasteiger partial charge in [0.2, 0.25) is 0 Å². The van der Waals surface area contributed by atoms with E-state index in [-0.39, 0.29) is 160 Å². The van der Waals surface area contributed by atoms with Crippen LogP contribution in [-0.4, -0.2) is 64.0 Å². The van der Waals surface area contributed by atoms with Gasteiger partial charge in [0.05, 0.1) is 49.7 Å². The number of rotatable bonds is 14. The molecule has 0 saturated carbocycles. The molecule has 7 aromatic heterocycles. The van der Waals surface area contributed by atoms with Gasteiger partial charge < -0.3 is 35.0 Å². The zero-order chi connectivity index (χ0) is 103. The minimum absolute atomic E-state index is 0. The number of benzene rings is 4. The van der Waals surface area contributed by atoms with Crippen LogP contribution in [0.2, 0.25) is 0 Å². The quantitative estimate of drug-likeness (QED) is 0.0468. The number of methoxy groups -OCH3 is 4. The van der Waals surface area contributed by atoms with Gasteiger partial charge in [-0.2, -0.15) is 59.1 Å². The van der Waals surface area contributed by atoms with E-state index in [4.69, 9.17) is 28.1 Å². The van der Waals surface area contributed by atoms with Crippen molar-refractivity contribution in [2.75, 3.05) is 28.4 Å². The number of halogens is 14. The molecule has 0 spiro atoms. The second kappa shape index (κ2) is 39.9. The van der Waals surface area contributed by atoms with E-state index < -0.39 is 75.7 Å². The summed E-state index contributed by atoms with van der Waals surface area (Å²) in [6.45, 7) is 54.7. The molecule has 18 rings (SSSR count). The Kier molecular flexibility index (Phi) is 32.1. The molecule has 2 unspecified atom stereocenters. The Morgan fingerprint density at radius 3 is 1.15 bits per heavy atom. The Bertz CT molecular complexity index is 6460. The van der Waals surface area contributed by atoms with E-state index in [0.29, 0.717) is 9.75 Å². The molecule has 6 aliphatic carbocycles. The maximum atomic E-state index is 17.5. The zero-order valence-corrected chi connectivity index (χ0v) is 92.8. The number of hydrogen-bond acceptors (Lipinski definition) is 12. The average molecular weight is 2160 g/mol. The van der Waals surface area contributed by atoms with Crippen molar-refractivity contribution < 1.29 is 104 Å². The summed E-state index contributed by atoms with van der Waals surface area (Å²) in [7, 11) is 5.28. The van der Waals surface area contributed by atoms with Crippen molar-refractivity contribution in [1.29, 1.82) is 0 Å². The fourth-order valence-corrected chi connectivity index (χ4v) is 30.8.